The number of rotatable bonds is 5. The Morgan fingerprint density at radius 1 is 1.45 bits per heavy atom. The van der Waals surface area contributed by atoms with Crippen LogP contribution in [0.3, 0.4) is 0 Å². The van der Waals surface area contributed by atoms with Gasteiger partial charge in [-0.2, -0.15) is 0 Å². The summed E-state index contributed by atoms with van der Waals surface area (Å²) in [4.78, 5) is 14.6. The third-order valence-corrected chi connectivity index (χ3v) is 3.01. The molecule has 0 unspecified atom stereocenters. The molecule has 0 aliphatic heterocycles. The molecule has 1 heterocycles. The van der Waals surface area contributed by atoms with Gasteiger partial charge in [-0.05, 0) is 35.1 Å². The molecule has 20 heavy (non-hydrogen) atoms. The minimum atomic E-state index is -0.417. The number of nitro groups is 1. The van der Waals surface area contributed by atoms with Crippen LogP contribution in [0.15, 0.2) is 30.5 Å². The average Bonchev–Trinajstić information content (AvgIpc) is 2.80. The van der Waals surface area contributed by atoms with Crippen molar-refractivity contribution in [1.29, 1.82) is 0 Å². The van der Waals surface area contributed by atoms with Crippen molar-refractivity contribution < 1.29 is 4.92 Å². The molecule has 104 valence electrons. The molecule has 1 aromatic heterocycles. The zero-order chi connectivity index (χ0) is 14.5. The summed E-state index contributed by atoms with van der Waals surface area (Å²) in [6, 6.07) is 7.37. The maximum absolute atomic E-state index is 10.9. The molecular weight excluding hydrogens is 278 g/mol. The molecule has 0 radical (unpaired) electrons. The molecule has 0 saturated heterocycles. The first kappa shape index (κ1) is 14.3. The van der Waals surface area contributed by atoms with Crippen LogP contribution in [-0.2, 0) is 6.54 Å². The molecule has 0 atom stereocenters. The topological polar surface area (TPSA) is 61.0 Å². The van der Waals surface area contributed by atoms with Gasteiger partial charge in [0.1, 0.15) is 6.20 Å². The van der Waals surface area contributed by atoms with Crippen LogP contribution in [0.4, 0.5) is 5.82 Å². The van der Waals surface area contributed by atoms with Gasteiger partial charge in [0, 0.05) is 11.1 Å². The summed E-state index contributed by atoms with van der Waals surface area (Å²) in [6.45, 7) is 2.53. The van der Waals surface area contributed by atoms with E-state index in [9.17, 15) is 10.1 Å². The highest BCUT2D eigenvalue weighted by atomic mass is 35.5. The molecule has 0 saturated carbocycles. The monoisotopic (exact) mass is 291 g/mol. The van der Waals surface area contributed by atoms with E-state index in [1.165, 1.54) is 6.20 Å². The summed E-state index contributed by atoms with van der Waals surface area (Å²) >= 11 is 5.91. The molecule has 0 bridgehead atoms. The molecule has 6 heteroatoms. The van der Waals surface area contributed by atoms with Crippen molar-refractivity contribution in [3.63, 3.8) is 0 Å². The average molecular weight is 292 g/mol. The SMILES string of the molecule is CCCn1c([N+](=O)[O-])cnc1C=Cc1cccc(Cl)c1. The van der Waals surface area contributed by atoms with Crippen molar-refractivity contribution >= 4 is 29.6 Å². The van der Waals surface area contributed by atoms with Gasteiger partial charge in [-0.1, -0.05) is 30.7 Å². The lowest BCUT2D eigenvalue weighted by Crippen LogP contribution is -2.04. The van der Waals surface area contributed by atoms with Crippen LogP contribution >= 0.6 is 11.6 Å². The predicted octanol–water partition coefficient (Wildman–Crippen LogP) is 4.03. The molecule has 0 aliphatic carbocycles. The quantitative estimate of drug-likeness (QED) is 0.617. The number of hydrogen-bond donors (Lipinski definition) is 0. The lowest BCUT2D eigenvalue weighted by molar-refractivity contribution is -0.392. The number of benzene rings is 1. The van der Waals surface area contributed by atoms with E-state index in [0.29, 0.717) is 17.4 Å². The Balaban J connectivity index is 2.31. The number of halogens is 1. The zero-order valence-electron chi connectivity index (χ0n) is 11.0. The number of hydrogen-bond acceptors (Lipinski definition) is 3. The summed E-state index contributed by atoms with van der Waals surface area (Å²) in [5.74, 6) is 0.580. The Bertz CT molecular complexity index is 650. The second-order valence-corrected chi connectivity index (χ2v) is 4.71. The van der Waals surface area contributed by atoms with Gasteiger partial charge in [-0.25, -0.2) is 9.55 Å². The Labute approximate surface area is 121 Å². The van der Waals surface area contributed by atoms with Gasteiger partial charge in [0.2, 0.25) is 5.82 Å². The molecule has 0 spiro atoms. The molecule has 2 rings (SSSR count). The Morgan fingerprint density at radius 2 is 2.25 bits per heavy atom. The molecule has 0 amide bonds. The summed E-state index contributed by atoms with van der Waals surface area (Å²) in [5.41, 5.74) is 0.922. The summed E-state index contributed by atoms with van der Waals surface area (Å²) < 4.78 is 1.60. The molecular formula is C14H14ClN3O2. The smallest absolute Gasteiger partial charge is 0.343 e. The normalized spacial score (nSPS) is 11.1. The lowest BCUT2D eigenvalue weighted by atomic mass is 10.2. The fraction of sp³-hybridized carbons (Fsp3) is 0.214. The molecule has 0 aliphatic rings. The fourth-order valence-electron chi connectivity index (χ4n) is 1.89. The highest BCUT2D eigenvalue weighted by molar-refractivity contribution is 6.30. The van der Waals surface area contributed by atoms with Crippen LogP contribution in [-0.4, -0.2) is 14.5 Å². The third kappa shape index (κ3) is 3.24. The van der Waals surface area contributed by atoms with Gasteiger partial charge in [0.25, 0.3) is 0 Å². The van der Waals surface area contributed by atoms with Crippen LogP contribution in [0.2, 0.25) is 5.02 Å². The first-order valence-electron chi connectivity index (χ1n) is 6.25. The van der Waals surface area contributed by atoms with E-state index in [-0.39, 0.29) is 5.82 Å². The van der Waals surface area contributed by atoms with E-state index >= 15 is 0 Å². The van der Waals surface area contributed by atoms with Crippen molar-refractivity contribution in [3.8, 4) is 0 Å². The van der Waals surface area contributed by atoms with E-state index < -0.39 is 4.92 Å². The van der Waals surface area contributed by atoms with Crippen molar-refractivity contribution in [3.05, 3.63) is 57.0 Å². The first-order valence-corrected chi connectivity index (χ1v) is 6.63. The van der Waals surface area contributed by atoms with E-state index in [1.807, 2.05) is 31.2 Å². The number of aromatic nitrogens is 2. The summed E-state index contributed by atoms with van der Waals surface area (Å²) in [6.07, 6.45) is 5.68. The summed E-state index contributed by atoms with van der Waals surface area (Å²) in [5, 5.41) is 11.6. The molecule has 1 aromatic carbocycles. The first-order chi connectivity index (χ1) is 9.61. The highest BCUT2D eigenvalue weighted by Gasteiger charge is 2.17. The minimum absolute atomic E-state index is 0.0117. The Morgan fingerprint density at radius 3 is 2.90 bits per heavy atom. The van der Waals surface area contributed by atoms with Crippen LogP contribution in [0.5, 0.6) is 0 Å². The third-order valence-electron chi connectivity index (χ3n) is 2.77. The molecule has 0 N–H and O–H groups in total. The van der Waals surface area contributed by atoms with Crippen molar-refractivity contribution in [2.75, 3.05) is 0 Å². The standard InChI is InChI=1S/C14H14ClN3O2/c1-2-8-17-13(16-10-14(17)18(19)20)7-6-11-4-3-5-12(15)9-11/h3-7,9-10H,2,8H2,1H3. The Kier molecular flexibility index (Phi) is 4.53. The van der Waals surface area contributed by atoms with Gasteiger partial charge in [0.15, 0.2) is 0 Å². The maximum atomic E-state index is 10.9. The van der Waals surface area contributed by atoms with Gasteiger partial charge >= 0.3 is 5.82 Å². The van der Waals surface area contributed by atoms with Crippen LogP contribution in [0, 0.1) is 10.1 Å². The van der Waals surface area contributed by atoms with Crippen molar-refractivity contribution in [2.45, 2.75) is 19.9 Å². The highest BCUT2D eigenvalue weighted by Crippen LogP contribution is 2.18. The number of imidazole rings is 1. The van der Waals surface area contributed by atoms with Crippen molar-refractivity contribution in [2.24, 2.45) is 0 Å². The van der Waals surface area contributed by atoms with Gasteiger partial charge in [-0.15, -0.1) is 0 Å². The van der Waals surface area contributed by atoms with E-state index in [2.05, 4.69) is 4.98 Å². The van der Waals surface area contributed by atoms with Gasteiger partial charge < -0.3 is 10.1 Å². The van der Waals surface area contributed by atoms with Crippen LogP contribution < -0.4 is 0 Å². The van der Waals surface area contributed by atoms with Crippen molar-refractivity contribution in [1.82, 2.24) is 9.55 Å². The molecule has 2 aromatic rings. The molecule has 0 fully saturated rings. The van der Waals surface area contributed by atoms with Crippen LogP contribution in [0.1, 0.15) is 24.7 Å². The fourth-order valence-corrected chi connectivity index (χ4v) is 2.09. The lowest BCUT2D eigenvalue weighted by Gasteiger charge is -2.00. The summed E-state index contributed by atoms with van der Waals surface area (Å²) in [7, 11) is 0. The predicted molar refractivity (Wildman–Crippen MR) is 79.6 cm³/mol. The molecule has 5 nitrogen and oxygen atoms in total. The van der Waals surface area contributed by atoms with E-state index in [0.717, 1.165) is 12.0 Å². The second kappa shape index (κ2) is 6.34. The minimum Gasteiger partial charge on any atom is -0.358 e. The zero-order valence-corrected chi connectivity index (χ0v) is 11.7. The second-order valence-electron chi connectivity index (χ2n) is 4.27. The van der Waals surface area contributed by atoms with Crippen LogP contribution in [0.25, 0.3) is 12.2 Å². The van der Waals surface area contributed by atoms with E-state index in [1.54, 1.807) is 16.7 Å². The number of nitrogens with zero attached hydrogens (tertiary/aromatic N) is 3. The van der Waals surface area contributed by atoms with Gasteiger partial charge in [-0.3, -0.25) is 0 Å². The van der Waals surface area contributed by atoms with Gasteiger partial charge in [0.05, 0.1) is 6.54 Å². The Hall–Kier alpha value is -2.14. The largest absolute Gasteiger partial charge is 0.358 e. The maximum Gasteiger partial charge on any atom is 0.343 e. The van der Waals surface area contributed by atoms with E-state index in [4.69, 9.17) is 11.6 Å².